The highest BCUT2D eigenvalue weighted by Crippen LogP contribution is 2.05. The molecule has 0 aliphatic carbocycles. The molecule has 0 aliphatic heterocycles. The molecule has 0 aliphatic rings. The van der Waals surface area contributed by atoms with Gasteiger partial charge in [0.2, 0.25) is 0 Å². The van der Waals surface area contributed by atoms with Gasteiger partial charge < -0.3 is 4.74 Å². The first kappa shape index (κ1) is 14.2. The first-order valence-corrected chi connectivity index (χ1v) is 5.57. The van der Waals surface area contributed by atoms with Crippen LogP contribution < -0.4 is 0 Å². The Kier molecular flexibility index (Phi) is 7.05. The Morgan fingerprint density at radius 3 is 2.33 bits per heavy atom. The van der Waals surface area contributed by atoms with E-state index >= 15 is 0 Å². The van der Waals surface area contributed by atoms with Crippen LogP contribution in [0.15, 0.2) is 12.2 Å². The third-order valence-electron chi connectivity index (χ3n) is 2.29. The molecule has 88 valence electrons. The zero-order valence-electron chi connectivity index (χ0n) is 10.4. The van der Waals surface area contributed by atoms with E-state index in [1.54, 1.807) is 0 Å². The van der Waals surface area contributed by atoms with Crippen molar-refractivity contribution in [3.05, 3.63) is 12.2 Å². The number of carbonyl (C=O) groups is 1. The molecule has 0 N–H and O–H groups in total. The molecule has 0 unspecified atom stereocenters. The second-order valence-electron chi connectivity index (χ2n) is 3.91. The summed E-state index contributed by atoms with van der Waals surface area (Å²) in [4.78, 5) is 13.4. The molecule has 0 rings (SSSR count). The summed E-state index contributed by atoms with van der Waals surface area (Å²) in [6.45, 7) is 13.6. The van der Waals surface area contributed by atoms with E-state index in [-0.39, 0.29) is 5.97 Å². The van der Waals surface area contributed by atoms with Crippen molar-refractivity contribution in [1.82, 2.24) is 4.90 Å². The molecular weight excluding hydrogens is 190 g/mol. The number of hydrogen-bond acceptors (Lipinski definition) is 3. The third-order valence-corrected chi connectivity index (χ3v) is 2.29. The molecule has 0 heterocycles. The Labute approximate surface area is 93.1 Å². The molecule has 0 aromatic rings. The highest BCUT2D eigenvalue weighted by atomic mass is 16.5. The van der Waals surface area contributed by atoms with Crippen molar-refractivity contribution in [1.29, 1.82) is 0 Å². The van der Waals surface area contributed by atoms with Gasteiger partial charge in [-0.15, -0.1) is 0 Å². The summed E-state index contributed by atoms with van der Waals surface area (Å²) < 4.78 is 4.93. The number of hydrogen-bond donors (Lipinski definition) is 0. The van der Waals surface area contributed by atoms with Crippen molar-refractivity contribution < 1.29 is 9.53 Å². The van der Waals surface area contributed by atoms with Crippen molar-refractivity contribution in [3.8, 4) is 0 Å². The second kappa shape index (κ2) is 7.46. The van der Waals surface area contributed by atoms with Gasteiger partial charge in [0.1, 0.15) is 0 Å². The molecule has 0 saturated heterocycles. The van der Waals surface area contributed by atoms with Gasteiger partial charge in [0.25, 0.3) is 0 Å². The van der Waals surface area contributed by atoms with Crippen LogP contribution in [0.25, 0.3) is 0 Å². The van der Waals surface area contributed by atoms with Crippen molar-refractivity contribution >= 4 is 5.97 Å². The summed E-state index contributed by atoms with van der Waals surface area (Å²) in [5, 5.41) is 0. The van der Waals surface area contributed by atoms with E-state index < -0.39 is 0 Å². The van der Waals surface area contributed by atoms with Crippen molar-refractivity contribution in [2.75, 3.05) is 19.7 Å². The van der Waals surface area contributed by atoms with Crippen LogP contribution in [0, 0.1) is 0 Å². The largest absolute Gasteiger partial charge is 0.465 e. The van der Waals surface area contributed by atoms with Crippen LogP contribution in [0.2, 0.25) is 0 Å². The third kappa shape index (κ3) is 6.28. The molecule has 15 heavy (non-hydrogen) atoms. The Morgan fingerprint density at radius 1 is 1.33 bits per heavy atom. The lowest BCUT2D eigenvalue weighted by molar-refractivity contribution is -0.144. The Hall–Kier alpha value is -0.830. The van der Waals surface area contributed by atoms with Gasteiger partial charge in [0.05, 0.1) is 13.2 Å². The normalized spacial score (nSPS) is 10.8. The van der Waals surface area contributed by atoms with Gasteiger partial charge in [-0.3, -0.25) is 9.69 Å². The molecule has 3 nitrogen and oxygen atoms in total. The number of esters is 1. The van der Waals surface area contributed by atoms with Gasteiger partial charge in [-0.1, -0.05) is 19.1 Å². The highest BCUT2D eigenvalue weighted by Gasteiger charge is 2.14. The van der Waals surface area contributed by atoms with E-state index in [2.05, 4.69) is 32.3 Å². The quantitative estimate of drug-likeness (QED) is 0.480. The predicted octanol–water partition coefficient (Wildman–Crippen LogP) is 2.23. The Balaban J connectivity index is 4.16. The average molecular weight is 213 g/mol. The second-order valence-corrected chi connectivity index (χ2v) is 3.91. The number of nitrogens with zero attached hydrogens (tertiary/aromatic N) is 1. The molecule has 0 radical (unpaired) electrons. The van der Waals surface area contributed by atoms with Crippen molar-refractivity contribution in [2.45, 2.75) is 40.2 Å². The van der Waals surface area contributed by atoms with E-state index in [4.69, 9.17) is 4.74 Å². The standard InChI is InChI=1S/C12H23NO2/c1-6-11(5)8-13(10(3)4)9-12(14)15-7-2/h10H,5-9H2,1-4H3. The molecular formula is C12H23NO2. The fourth-order valence-corrected chi connectivity index (χ4v) is 1.19. The molecule has 0 amide bonds. The van der Waals surface area contributed by atoms with E-state index in [0.717, 1.165) is 18.5 Å². The topological polar surface area (TPSA) is 29.5 Å². The van der Waals surface area contributed by atoms with Gasteiger partial charge >= 0.3 is 5.97 Å². The summed E-state index contributed by atoms with van der Waals surface area (Å²) in [5.74, 6) is -0.157. The number of ether oxygens (including phenoxy) is 1. The molecule has 0 saturated carbocycles. The number of rotatable bonds is 7. The van der Waals surface area contributed by atoms with Crippen LogP contribution in [0.1, 0.15) is 34.1 Å². The lowest BCUT2D eigenvalue weighted by Crippen LogP contribution is -2.37. The summed E-state index contributed by atoms with van der Waals surface area (Å²) in [7, 11) is 0. The monoisotopic (exact) mass is 213 g/mol. The fourth-order valence-electron chi connectivity index (χ4n) is 1.19. The minimum absolute atomic E-state index is 0.157. The van der Waals surface area contributed by atoms with E-state index in [1.165, 1.54) is 0 Å². The van der Waals surface area contributed by atoms with E-state index in [1.807, 2.05) is 6.92 Å². The molecule has 0 spiro atoms. The van der Waals surface area contributed by atoms with Gasteiger partial charge in [-0.05, 0) is 27.2 Å². The predicted molar refractivity (Wildman–Crippen MR) is 62.8 cm³/mol. The molecule has 0 fully saturated rings. The SMILES string of the molecule is C=C(CC)CN(CC(=O)OCC)C(C)C. The van der Waals surface area contributed by atoms with E-state index in [0.29, 0.717) is 19.2 Å². The minimum Gasteiger partial charge on any atom is -0.465 e. The van der Waals surface area contributed by atoms with Crippen LogP contribution in [0.5, 0.6) is 0 Å². The lowest BCUT2D eigenvalue weighted by Gasteiger charge is -2.25. The molecule has 0 aromatic carbocycles. The summed E-state index contributed by atoms with van der Waals surface area (Å²) in [6, 6.07) is 0.331. The minimum atomic E-state index is -0.157. The van der Waals surface area contributed by atoms with Gasteiger partial charge in [0, 0.05) is 12.6 Å². The summed E-state index contributed by atoms with van der Waals surface area (Å²) >= 11 is 0. The van der Waals surface area contributed by atoms with Crippen LogP contribution in [0.4, 0.5) is 0 Å². The van der Waals surface area contributed by atoms with Gasteiger partial charge in [-0.25, -0.2) is 0 Å². The Morgan fingerprint density at radius 2 is 1.93 bits per heavy atom. The molecule has 3 heteroatoms. The maximum Gasteiger partial charge on any atom is 0.320 e. The van der Waals surface area contributed by atoms with E-state index in [9.17, 15) is 4.79 Å². The summed E-state index contributed by atoms with van der Waals surface area (Å²) in [5.41, 5.74) is 1.15. The van der Waals surface area contributed by atoms with Crippen molar-refractivity contribution in [3.63, 3.8) is 0 Å². The van der Waals surface area contributed by atoms with Crippen LogP contribution >= 0.6 is 0 Å². The lowest BCUT2D eigenvalue weighted by atomic mass is 10.2. The first-order chi connectivity index (χ1) is 7.01. The first-order valence-electron chi connectivity index (χ1n) is 5.57. The smallest absolute Gasteiger partial charge is 0.320 e. The molecule has 0 atom stereocenters. The average Bonchev–Trinajstić information content (AvgIpc) is 2.16. The fraction of sp³-hybridized carbons (Fsp3) is 0.750. The highest BCUT2D eigenvalue weighted by molar-refractivity contribution is 5.71. The van der Waals surface area contributed by atoms with Crippen LogP contribution in [-0.4, -0.2) is 36.6 Å². The molecule has 0 aromatic heterocycles. The van der Waals surface area contributed by atoms with Gasteiger partial charge in [-0.2, -0.15) is 0 Å². The zero-order chi connectivity index (χ0) is 11.8. The maximum absolute atomic E-state index is 11.3. The van der Waals surface area contributed by atoms with Crippen LogP contribution in [-0.2, 0) is 9.53 Å². The summed E-state index contributed by atoms with van der Waals surface area (Å²) in [6.07, 6.45) is 0.950. The zero-order valence-corrected chi connectivity index (χ0v) is 10.4. The van der Waals surface area contributed by atoms with Gasteiger partial charge in [0.15, 0.2) is 0 Å². The number of carbonyl (C=O) groups excluding carboxylic acids is 1. The maximum atomic E-state index is 11.3. The molecule has 0 bridgehead atoms. The Bertz CT molecular complexity index is 212. The van der Waals surface area contributed by atoms with Crippen molar-refractivity contribution in [2.24, 2.45) is 0 Å². The van der Waals surface area contributed by atoms with Crippen LogP contribution in [0.3, 0.4) is 0 Å².